The molecule has 0 unspecified atom stereocenters. The molecule has 0 aliphatic carbocycles. The van der Waals surface area contributed by atoms with Crippen LogP contribution in [-0.2, 0) is 27.1 Å². The van der Waals surface area contributed by atoms with Crippen LogP contribution in [0.3, 0.4) is 0 Å². The number of piperazine rings is 1. The normalized spacial score (nSPS) is 15.0. The molecular weight excluding hydrogens is 450 g/mol. The zero-order valence-corrected chi connectivity index (χ0v) is 18.3. The van der Waals surface area contributed by atoms with E-state index in [1.165, 1.54) is 33.7 Å². The standard InChI is InChI=1S/C21H21N5O6S/c27-20(13-24-15-22-19-12-17(26(29)30)6-7-18(19)21(24)28)23-8-10-25(11-9-23)33(31,32)14-16-4-2-1-3-5-16/h1-7,12,15H,8-11,13-14H2. The van der Waals surface area contributed by atoms with Crippen molar-refractivity contribution < 1.29 is 18.1 Å². The minimum Gasteiger partial charge on any atom is -0.338 e. The largest absolute Gasteiger partial charge is 0.338 e. The molecule has 0 bridgehead atoms. The molecule has 2 aromatic carbocycles. The van der Waals surface area contributed by atoms with Crippen LogP contribution >= 0.6 is 0 Å². The molecular formula is C21H21N5O6S. The van der Waals surface area contributed by atoms with Gasteiger partial charge in [0.1, 0.15) is 6.54 Å². The fraction of sp³-hybridized carbons (Fsp3) is 0.286. The Balaban J connectivity index is 1.40. The van der Waals surface area contributed by atoms with Gasteiger partial charge in [-0.1, -0.05) is 30.3 Å². The first kappa shape index (κ1) is 22.6. The van der Waals surface area contributed by atoms with Crippen molar-refractivity contribution in [1.82, 2.24) is 18.8 Å². The highest BCUT2D eigenvalue weighted by molar-refractivity contribution is 7.88. The van der Waals surface area contributed by atoms with Crippen LogP contribution < -0.4 is 5.56 Å². The van der Waals surface area contributed by atoms with Crippen LogP contribution in [0.25, 0.3) is 10.9 Å². The lowest BCUT2D eigenvalue weighted by molar-refractivity contribution is -0.384. The first-order valence-corrected chi connectivity index (χ1v) is 11.8. The van der Waals surface area contributed by atoms with Crippen molar-refractivity contribution in [1.29, 1.82) is 0 Å². The van der Waals surface area contributed by atoms with Crippen LogP contribution in [0.15, 0.2) is 59.7 Å². The van der Waals surface area contributed by atoms with Gasteiger partial charge in [0.05, 0.1) is 27.9 Å². The third kappa shape index (κ3) is 4.91. The fourth-order valence-electron chi connectivity index (χ4n) is 3.71. The Morgan fingerprint density at radius 2 is 1.76 bits per heavy atom. The Morgan fingerprint density at radius 1 is 1.06 bits per heavy atom. The van der Waals surface area contributed by atoms with E-state index in [2.05, 4.69) is 4.98 Å². The third-order valence-electron chi connectivity index (χ3n) is 5.50. The Morgan fingerprint density at radius 3 is 2.42 bits per heavy atom. The second-order valence-corrected chi connectivity index (χ2v) is 9.63. The van der Waals surface area contributed by atoms with E-state index < -0.39 is 20.5 Å². The predicted octanol–water partition coefficient (Wildman–Crippen LogP) is 0.979. The first-order chi connectivity index (χ1) is 15.7. The predicted molar refractivity (Wildman–Crippen MR) is 120 cm³/mol. The zero-order chi connectivity index (χ0) is 23.6. The molecule has 1 fully saturated rings. The Bertz CT molecular complexity index is 1360. The van der Waals surface area contributed by atoms with E-state index in [9.17, 15) is 28.1 Å². The minimum absolute atomic E-state index is 0.0991. The average molecular weight is 471 g/mol. The number of carbonyl (C=O) groups is 1. The Labute approximate surface area is 189 Å². The molecule has 12 heteroatoms. The molecule has 33 heavy (non-hydrogen) atoms. The summed E-state index contributed by atoms with van der Waals surface area (Å²) in [4.78, 5) is 41.3. The number of sulfonamides is 1. The molecule has 1 aromatic heterocycles. The quantitative estimate of drug-likeness (QED) is 0.386. The number of aromatic nitrogens is 2. The third-order valence-corrected chi connectivity index (χ3v) is 7.35. The molecule has 1 amide bonds. The minimum atomic E-state index is -3.50. The van der Waals surface area contributed by atoms with Gasteiger partial charge in [-0.25, -0.2) is 13.4 Å². The van der Waals surface area contributed by atoms with Crippen molar-refractivity contribution in [2.75, 3.05) is 26.2 Å². The van der Waals surface area contributed by atoms with Crippen LogP contribution in [-0.4, -0.2) is 64.2 Å². The van der Waals surface area contributed by atoms with Gasteiger partial charge in [0.25, 0.3) is 11.2 Å². The lowest BCUT2D eigenvalue weighted by Gasteiger charge is -2.34. The number of nitrogens with zero attached hydrogens (tertiary/aromatic N) is 5. The molecule has 0 radical (unpaired) electrons. The van der Waals surface area contributed by atoms with Gasteiger partial charge in [0.15, 0.2) is 0 Å². The van der Waals surface area contributed by atoms with Gasteiger partial charge in [-0.05, 0) is 11.6 Å². The molecule has 0 spiro atoms. The van der Waals surface area contributed by atoms with E-state index in [4.69, 9.17) is 0 Å². The molecule has 2 heterocycles. The lowest BCUT2D eigenvalue weighted by atomic mass is 10.2. The number of nitro benzene ring substituents is 1. The molecule has 0 N–H and O–H groups in total. The topological polar surface area (TPSA) is 136 Å². The van der Waals surface area contributed by atoms with Crippen LogP contribution in [0, 0.1) is 10.1 Å². The molecule has 11 nitrogen and oxygen atoms in total. The highest BCUT2D eigenvalue weighted by Gasteiger charge is 2.29. The second-order valence-electron chi connectivity index (χ2n) is 7.66. The number of benzene rings is 2. The van der Waals surface area contributed by atoms with Crippen LogP contribution in [0.5, 0.6) is 0 Å². The highest BCUT2D eigenvalue weighted by Crippen LogP contribution is 2.17. The monoisotopic (exact) mass is 471 g/mol. The van der Waals surface area contributed by atoms with Crippen molar-refractivity contribution in [2.24, 2.45) is 0 Å². The lowest BCUT2D eigenvalue weighted by Crippen LogP contribution is -2.51. The van der Waals surface area contributed by atoms with Crippen molar-refractivity contribution in [3.05, 3.63) is 80.9 Å². The molecule has 1 aliphatic rings. The summed E-state index contributed by atoms with van der Waals surface area (Å²) in [5.74, 6) is -0.432. The van der Waals surface area contributed by atoms with Gasteiger partial charge in [-0.15, -0.1) is 0 Å². The van der Waals surface area contributed by atoms with Gasteiger partial charge >= 0.3 is 0 Å². The number of carbonyl (C=O) groups excluding carboxylic acids is 1. The zero-order valence-electron chi connectivity index (χ0n) is 17.5. The summed E-state index contributed by atoms with van der Waals surface area (Å²) in [6.45, 7) is 0.532. The molecule has 0 atom stereocenters. The maximum absolute atomic E-state index is 12.7. The van der Waals surface area contributed by atoms with Gasteiger partial charge in [-0.2, -0.15) is 4.31 Å². The number of hydrogen-bond donors (Lipinski definition) is 0. The van der Waals surface area contributed by atoms with Crippen molar-refractivity contribution in [3.8, 4) is 0 Å². The number of amides is 1. The number of nitro groups is 1. The average Bonchev–Trinajstić information content (AvgIpc) is 2.81. The molecule has 172 valence electrons. The van der Waals surface area contributed by atoms with Gasteiger partial charge in [-0.3, -0.25) is 24.3 Å². The molecule has 1 saturated heterocycles. The van der Waals surface area contributed by atoms with Crippen LogP contribution in [0.4, 0.5) is 5.69 Å². The maximum atomic E-state index is 12.7. The number of fused-ring (bicyclic) bond motifs is 1. The number of non-ortho nitro benzene ring substituents is 1. The second kappa shape index (κ2) is 9.08. The van der Waals surface area contributed by atoms with E-state index in [1.807, 2.05) is 6.07 Å². The summed E-state index contributed by atoms with van der Waals surface area (Å²) >= 11 is 0. The van der Waals surface area contributed by atoms with E-state index in [-0.39, 0.29) is 61.0 Å². The number of hydrogen-bond acceptors (Lipinski definition) is 7. The van der Waals surface area contributed by atoms with Gasteiger partial charge < -0.3 is 4.90 Å². The van der Waals surface area contributed by atoms with Crippen LogP contribution in [0.2, 0.25) is 0 Å². The molecule has 4 rings (SSSR count). The first-order valence-electron chi connectivity index (χ1n) is 10.2. The summed E-state index contributed by atoms with van der Waals surface area (Å²) in [5.41, 5.74) is 0.218. The molecule has 1 aliphatic heterocycles. The maximum Gasteiger partial charge on any atom is 0.271 e. The molecule has 0 saturated carbocycles. The van der Waals surface area contributed by atoms with E-state index in [0.29, 0.717) is 5.56 Å². The van der Waals surface area contributed by atoms with Crippen molar-refractivity contribution >= 4 is 32.5 Å². The summed E-state index contributed by atoms with van der Waals surface area (Å²) in [6.07, 6.45) is 1.19. The van der Waals surface area contributed by atoms with Gasteiger partial charge in [0, 0.05) is 38.3 Å². The summed E-state index contributed by atoms with van der Waals surface area (Å²) in [6, 6.07) is 12.6. The Hall–Kier alpha value is -3.64. The number of rotatable bonds is 6. The van der Waals surface area contributed by atoms with Crippen molar-refractivity contribution in [3.63, 3.8) is 0 Å². The molecule has 3 aromatic rings. The fourth-order valence-corrected chi connectivity index (χ4v) is 5.23. The smallest absolute Gasteiger partial charge is 0.271 e. The van der Waals surface area contributed by atoms with Gasteiger partial charge in [0.2, 0.25) is 15.9 Å². The Kier molecular flexibility index (Phi) is 6.20. The highest BCUT2D eigenvalue weighted by atomic mass is 32.2. The summed E-state index contributed by atoms with van der Waals surface area (Å²) in [5, 5.41) is 11.1. The van der Waals surface area contributed by atoms with Crippen molar-refractivity contribution in [2.45, 2.75) is 12.3 Å². The summed E-state index contributed by atoms with van der Waals surface area (Å²) < 4.78 is 27.9. The van der Waals surface area contributed by atoms with Crippen LogP contribution in [0.1, 0.15) is 5.56 Å². The van der Waals surface area contributed by atoms with E-state index in [1.54, 1.807) is 24.3 Å². The van der Waals surface area contributed by atoms with E-state index >= 15 is 0 Å². The summed E-state index contributed by atoms with van der Waals surface area (Å²) in [7, 11) is -3.50. The van der Waals surface area contributed by atoms with E-state index in [0.717, 1.165) is 4.57 Å². The SMILES string of the molecule is O=C(Cn1cnc2cc([N+](=O)[O-])ccc2c1=O)N1CCN(S(=O)(=O)Cc2ccccc2)CC1.